The Labute approximate surface area is 177 Å². The van der Waals surface area contributed by atoms with Crippen LogP contribution in [0.3, 0.4) is 0 Å². The van der Waals surface area contributed by atoms with Crippen LogP contribution in [-0.2, 0) is 14.8 Å². The van der Waals surface area contributed by atoms with Crippen molar-refractivity contribution in [2.24, 2.45) is 0 Å². The maximum atomic E-state index is 13.4. The molecule has 0 aliphatic carbocycles. The molecule has 1 aliphatic heterocycles. The van der Waals surface area contributed by atoms with E-state index >= 15 is 0 Å². The van der Waals surface area contributed by atoms with Crippen molar-refractivity contribution in [3.05, 3.63) is 35.2 Å². The van der Waals surface area contributed by atoms with Gasteiger partial charge in [-0.25, -0.2) is 13.2 Å². The largest absolute Gasteiger partial charge is 0.444 e. The van der Waals surface area contributed by atoms with E-state index in [0.717, 1.165) is 11.1 Å². The lowest BCUT2D eigenvalue weighted by atomic mass is 10.0. The number of benzene rings is 1. The van der Waals surface area contributed by atoms with Crippen LogP contribution in [0.1, 0.15) is 37.8 Å². The predicted octanol–water partition coefficient (Wildman–Crippen LogP) is 3.51. The van der Waals surface area contributed by atoms with Gasteiger partial charge >= 0.3 is 6.09 Å². The van der Waals surface area contributed by atoms with Crippen molar-refractivity contribution < 1.29 is 22.5 Å². The van der Waals surface area contributed by atoms with Crippen molar-refractivity contribution in [3.63, 3.8) is 0 Å². The monoisotopic (exact) mass is 435 g/mol. The van der Waals surface area contributed by atoms with Crippen LogP contribution >= 0.6 is 0 Å². The Morgan fingerprint density at radius 3 is 2.27 bits per heavy atom. The van der Waals surface area contributed by atoms with Crippen molar-refractivity contribution >= 4 is 16.1 Å². The number of aromatic nitrogens is 1. The molecule has 0 bridgehead atoms. The minimum atomic E-state index is -3.71. The maximum Gasteiger partial charge on any atom is 0.410 e. The zero-order chi connectivity index (χ0) is 22.3. The van der Waals surface area contributed by atoms with Crippen LogP contribution in [0.5, 0.6) is 0 Å². The predicted molar refractivity (Wildman–Crippen MR) is 113 cm³/mol. The molecule has 30 heavy (non-hydrogen) atoms. The first-order valence-corrected chi connectivity index (χ1v) is 11.4. The summed E-state index contributed by atoms with van der Waals surface area (Å²) < 4.78 is 38.8. The average Bonchev–Trinajstić information content (AvgIpc) is 2.99. The van der Waals surface area contributed by atoms with Gasteiger partial charge in [-0.15, -0.1) is 0 Å². The molecule has 0 radical (unpaired) electrons. The molecule has 1 aliphatic rings. The molecule has 1 amide bonds. The minimum Gasteiger partial charge on any atom is -0.444 e. The average molecular weight is 436 g/mol. The summed E-state index contributed by atoms with van der Waals surface area (Å²) >= 11 is 0. The van der Waals surface area contributed by atoms with E-state index in [1.54, 1.807) is 51.7 Å². The molecule has 1 fully saturated rings. The van der Waals surface area contributed by atoms with E-state index in [1.807, 2.05) is 13.0 Å². The summed E-state index contributed by atoms with van der Waals surface area (Å²) in [7, 11) is -3.71. The first-order chi connectivity index (χ1) is 13.9. The number of carbonyl (C=O) groups excluding carboxylic acids is 1. The van der Waals surface area contributed by atoms with Gasteiger partial charge in [0.1, 0.15) is 11.4 Å². The number of hydrogen-bond donors (Lipinski definition) is 0. The van der Waals surface area contributed by atoms with E-state index in [9.17, 15) is 13.2 Å². The smallest absolute Gasteiger partial charge is 0.410 e. The lowest BCUT2D eigenvalue weighted by Gasteiger charge is -2.35. The second-order valence-corrected chi connectivity index (χ2v) is 10.5. The Balaban J connectivity index is 1.82. The first kappa shape index (κ1) is 22.3. The van der Waals surface area contributed by atoms with Crippen molar-refractivity contribution in [1.82, 2.24) is 14.4 Å². The zero-order valence-corrected chi connectivity index (χ0v) is 19.2. The van der Waals surface area contributed by atoms with Crippen LogP contribution in [-0.4, -0.2) is 60.7 Å². The molecule has 0 unspecified atom stereocenters. The molecule has 8 nitrogen and oxygen atoms in total. The van der Waals surface area contributed by atoms with E-state index in [0.29, 0.717) is 17.0 Å². The van der Waals surface area contributed by atoms with Gasteiger partial charge in [-0.1, -0.05) is 17.3 Å². The van der Waals surface area contributed by atoms with Crippen LogP contribution in [0, 0.1) is 20.8 Å². The summed E-state index contributed by atoms with van der Waals surface area (Å²) in [4.78, 5) is 14.1. The Kier molecular flexibility index (Phi) is 5.97. The molecule has 9 heteroatoms. The molecule has 0 N–H and O–H groups in total. The molecule has 3 rings (SSSR count). The number of piperazine rings is 1. The number of sulfonamides is 1. The molecule has 2 heterocycles. The summed E-state index contributed by atoms with van der Waals surface area (Å²) in [5, 5.41) is 3.96. The third-order valence-corrected chi connectivity index (χ3v) is 7.06. The molecular formula is C21H29N3O5S. The van der Waals surface area contributed by atoms with Gasteiger partial charge in [0.25, 0.3) is 0 Å². The Hall–Kier alpha value is -2.39. The molecule has 0 atom stereocenters. The quantitative estimate of drug-likeness (QED) is 0.732. The van der Waals surface area contributed by atoms with Crippen LogP contribution in [0.4, 0.5) is 4.79 Å². The Morgan fingerprint density at radius 2 is 1.73 bits per heavy atom. The standard InChI is InChI=1S/C21H29N3O5S/c1-14-7-8-17(19-15(2)22-29-16(19)3)13-18(14)30(26,27)24-11-9-23(10-12-24)20(25)28-21(4,5)6/h7-8,13H,9-12H2,1-6H3. The first-order valence-electron chi connectivity index (χ1n) is 9.92. The zero-order valence-electron chi connectivity index (χ0n) is 18.4. The molecule has 164 valence electrons. The van der Waals surface area contributed by atoms with E-state index in [2.05, 4.69) is 5.16 Å². The molecule has 0 spiro atoms. The third kappa shape index (κ3) is 4.52. The van der Waals surface area contributed by atoms with Gasteiger partial charge in [0.15, 0.2) is 0 Å². The highest BCUT2D eigenvalue weighted by Crippen LogP contribution is 2.31. The number of amides is 1. The highest BCUT2D eigenvalue weighted by atomic mass is 32.2. The summed E-state index contributed by atoms with van der Waals surface area (Å²) in [6.07, 6.45) is -0.420. The second kappa shape index (κ2) is 8.03. The number of hydrogen-bond acceptors (Lipinski definition) is 6. The molecule has 1 aromatic carbocycles. The van der Waals surface area contributed by atoms with Gasteiger partial charge in [0, 0.05) is 31.7 Å². The van der Waals surface area contributed by atoms with Gasteiger partial charge in [0.05, 0.1) is 10.6 Å². The number of aryl methyl sites for hydroxylation is 3. The van der Waals surface area contributed by atoms with Crippen molar-refractivity contribution in [1.29, 1.82) is 0 Å². The summed E-state index contributed by atoms with van der Waals surface area (Å²) in [5.41, 5.74) is 2.35. The molecule has 1 saturated heterocycles. The Morgan fingerprint density at radius 1 is 1.10 bits per heavy atom. The maximum absolute atomic E-state index is 13.4. The highest BCUT2D eigenvalue weighted by molar-refractivity contribution is 7.89. The Bertz CT molecular complexity index is 1030. The minimum absolute atomic E-state index is 0.219. The van der Waals surface area contributed by atoms with Gasteiger partial charge < -0.3 is 14.2 Å². The normalized spacial score (nSPS) is 16.0. The van der Waals surface area contributed by atoms with Gasteiger partial charge in [-0.3, -0.25) is 0 Å². The topological polar surface area (TPSA) is 93.0 Å². The second-order valence-electron chi connectivity index (χ2n) is 8.55. The van der Waals surface area contributed by atoms with E-state index in [1.165, 1.54) is 4.31 Å². The SMILES string of the molecule is Cc1ccc(-c2c(C)noc2C)cc1S(=O)(=O)N1CCN(C(=O)OC(C)(C)C)CC1. The van der Waals surface area contributed by atoms with Crippen LogP contribution in [0.25, 0.3) is 11.1 Å². The number of nitrogens with zero attached hydrogens (tertiary/aromatic N) is 3. The van der Waals surface area contributed by atoms with Gasteiger partial charge in [-0.05, 0) is 58.7 Å². The van der Waals surface area contributed by atoms with Crippen LogP contribution in [0.2, 0.25) is 0 Å². The van der Waals surface area contributed by atoms with Gasteiger partial charge in [0.2, 0.25) is 10.0 Å². The van der Waals surface area contributed by atoms with Crippen molar-refractivity contribution in [2.45, 2.75) is 52.0 Å². The highest BCUT2D eigenvalue weighted by Gasteiger charge is 2.33. The number of ether oxygens (including phenoxy) is 1. The van der Waals surface area contributed by atoms with E-state index in [-0.39, 0.29) is 31.1 Å². The fourth-order valence-electron chi connectivity index (χ4n) is 3.51. The molecule has 2 aromatic rings. The van der Waals surface area contributed by atoms with Crippen molar-refractivity contribution in [2.75, 3.05) is 26.2 Å². The summed E-state index contributed by atoms with van der Waals surface area (Å²) in [6, 6.07) is 5.35. The molecule has 0 saturated carbocycles. The fraction of sp³-hybridized carbons (Fsp3) is 0.524. The van der Waals surface area contributed by atoms with Crippen LogP contribution < -0.4 is 0 Å². The van der Waals surface area contributed by atoms with E-state index in [4.69, 9.17) is 9.26 Å². The lowest BCUT2D eigenvalue weighted by molar-refractivity contribution is 0.0192. The summed E-state index contributed by atoms with van der Waals surface area (Å²) in [5.74, 6) is 0.644. The molecule has 1 aromatic heterocycles. The van der Waals surface area contributed by atoms with Crippen molar-refractivity contribution in [3.8, 4) is 11.1 Å². The fourth-order valence-corrected chi connectivity index (χ4v) is 5.18. The summed E-state index contributed by atoms with van der Waals surface area (Å²) in [6.45, 7) is 11.8. The number of rotatable bonds is 3. The lowest BCUT2D eigenvalue weighted by Crippen LogP contribution is -2.51. The van der Waals surface area contributed by atoms with E-state index < -0.39 is 21.7 Å². The molecular weight excluding hydrogens is 406 g/mol. The third-order valence-electron chi connectivity index (χ3n) is 5.02. The van der Waals surface area contributed by atoms with Crippen LogP contribution in [0.15, 0.2) is 27.6 Å². The number of carbonyl (C=O) groups is 1. The van der Waals surface area contributed by atoms with Gasteiger partial charge in [-0.2, -0.15) is 4.31 Å².